The van der Waals surface area contributed by atoms with Crippen LogP contribution in [0.25, 0.3) is 16.9 Å². The van der Waals surface area contributed by atoms with Crippen LogP contribution in [0.15, 0.2) is 30.5 Å². The summed E-state index contributed by atoms with van der Waals surface area (Å²) in [5.74, 6) is -0.371. The largest absolute Gasteiger partial charge is 0.353 e. The number of nitrogens with one attached hydrogen (secondary N) is 1. The lowest BCUT2D eigenvalue weighted by molar-refractivity contribution is -0.133. The number of hydrogen-bond acceptors (Lipinski definition) is 5. The highest BCUT2D eigenvalue weighted by atomic mass is 35.5. The van der Waals surface area contributed by atoms with Crippen molar-refractivity contribution in [2.75, 3.05) is 20.1 Å². The van der Waals surface area contributed by atoms with Crippen LogP contribution >= 0.6 is 11.6 Å². The molecule has 3 aromatic rings. The number of rotatable bonds is 2. The molecule has 1 aromatic carbocycles. The van der Waals surface area contributed by atoms with Gasteiger partial charge in [0.15, 0.2) is 11.9 Å². The number of nitrogens with zero attached hydrogens (tertiary/aromatic N) is 4. The Balaban J connectivity index is 0.000000257. The molecule has 4 rings (SSSR count). The molecule has 1 fully saturated rings. The third-order valence-corrected chi connectivity index (χ3v) is 6.14. The molecule has 1 N–H and O–H groups in total. The molecule has 0 aliphatic carbocycles. The monoisotopic (exact) mass is 473 g/mol. The smallest absolute Gasteiger partial charge is 0.239 e. The fourth-order valence-electron chi connectivity index (χ4n) is 3.41. The van der Waals surface area contributed by atoms with E-state index < -0.39 is 5.82 Å². The number of aldehydes is 1. The topological polar surface area (TPSA) is 79.6 Å². The summed E-state index contributed by atoms with van der Waals surface area (Å²) in [4.78, 5) is 28.5. The van der Waals surface area contributed by atoms with Crippen LogP contribution in [0.2, 0.25) is 5.02 Å². The van der Waals surface area contributed by atoms with Gasteiger partial charge in [-0.05, 0) is 44.5 Å². The summed E-state index contributed by atoms with van der Waals surface area (Å²) in [6.45, 7) is 11.7. The summed E-state index contributed by atoms with van der Waals surface area (Å²) in [5, 5.41) is 7.33. The molecule has 0 spiro atoms. The van der Waals surface area contributed by atoms with E-state index in [-0.39, 0.29) is 21.9 Å². The number of likely N-dealkylation sites (N-methyl/N-ethyl adjacent to an activating group) is 1. The Morgan fingerprint density at radius 3 is 2.48 bits per heavy atom. The molecule has 33 heavy (non-hydrogen) atoms. The summed E-state index contributed by atoms with van der Waals surface area (Å²) in [5.41, 5.74) is 2.52. The molecular weight excluding hydrogens is 445 g/mol. The first-order valence-corrected chi connectivity index (χ1v) is 11.0. The van der Waals surface area contributed by atoms with Gasteiger partial charge in [-0.2, -0.15) is 5.10 Å². The van der Waals surface area contributed by atoms with Gasteiger partial charge in [0.2, 0.25) is 5.91 Å². The molecule has 0 unspecified atom stereocenters. The van der Waals surface area contributed by atoms with E-state index in [4.69, 9.17) is 11.6 Å². The maximum absolute atomic E-state index is 13.7. The maximum atomic E-state index is 13.7. The van der Waals surface area contributed by atoms with E-state index in [0.29, 0.717) is 28.9 Å². The maximum Gasteiger partial charge on any atom is 0.239 e. The van der Waals surface area contributed by atoms with Crippen LogP contribution in [0.5, 0.6) is 0 Å². The second-order valence-electron chi connectivity index (χ2n) is 9.61. The zero-order chi connectivity index (χ0) is 24.6. The third-order valence-electron chi connectivity index (χ3n) is 5.83. The number of carbonyl (C=O) groups excluding carboxylic acids is 2. The van der Waals surface area contributed by atoms with E-state index in [9.17, 15) is 14.0 Å². The number of hydrogen-bond donors (Lipinski definition) is 1. The van der Waals surface area contributed by atoms with Crippen molar-refractivity contribution in [2.24, 2.45) is 0 Å². The van der Waals surface area contributed by atoms with E-state index in [1.807, 2.05) is 47.7 Å². The highest BCUT2D eigenvalue weighted by Gasteiger charge is 2.34. The molecule has 0 atom stereocenters. The summed E-state index contributed by atoms with van der Waals surface area (Å²) in [6.07, 6.45) is 2.25. The number of fused-ring (bicyclic) bond motifs is 1. The lowest BCUT2D eigenvalue weighted by atomic mass is 9.87. The van der Waals surface area contributed by atoms with Gasteiger partial charge in [0.05, 0.1) is 22.5 Å². The average molecular weight is 474 g/mol. The molecule has 3 heterocycles. The van der Waals surface area contributed by atoms with Crippen molar-refractivity contribution >= 4 is 29.4 Å². The number of carbonyl (C=O) groups is 2. The van der Waals surface area contributed by atoms with Crippen molar-refractivity contribution < 1.29 is 14.0 Å². The van der Waals surface area contributed by atoms with Crippen LogP contribution in [-0.4, -0.2) is 57.4 Å². The Morgan fingerprint density at radius 2 is 1.94 bits per heavy atom. The van der Waals surface area contributed by atoms with Crippen molar-refractivity contribution in [1.82, 2.24) is 24.8 Å². The van der Waals surface area contributed by atoms with Gasteiger partial charge in [0, 0.05) is 24.2 Å². The summed E-state index contributed by atoms with van der Waals surface area (Å²) >= 11 is 5.74. The second kappa shape index (κ2) is 9.19. The van der Waals surface area contributed by atoms with Crippen molar-refractivity contribution in [3.63, 3.8) is 0 Å². The summed E-state index contributed by atoms with van der Waals surface area (Å²) < 4.78 is 15.3. The van der Waals surface area contributed by atoms with E-state index in [1.54, 1.807) is 16.8 Å². The van der Waals surface area contributed by atoms with Crippen molar-refractivity contribution in [2.45, 2.75) is 45.6 Å². The quantitative estimate of drug-likeness (QED) is 0.566. The van der Waals surface area contributed by atoms with Gasteiger partial charge in [-0.15, -0.1) is 0 Å². The third kappa shape index (κ3) is 5.23. The molecular formula is C24H29ClFN5O2. The molecule has 1 amide bonds. The molecule has 2 aromatic heterocycles. The molecule has 0 bridgehead atoms. The van der Waals surface area contributed by atoms with Crippen LogP contribution in [0, 0.1) is 5.82 Å². The van der Waals surface area contributed by atoms with Crippen molar-refractivity contribution in [3.8, 4) is 11.3 Å². The SMILES string of the molecule is CC(C)(C)c1cc(-c2ccc(Cl)c(F)c2)nn2cc(C=O)nc12.CN1CCNC(=O)C1(C)C. The molecule has 0 radical (unpaired) electrons. The lowest BCUT2D eigenvalue weighted by Crippen LogP contribution is -2.60. The summed E-state index contributed by atoms with van der Waals surface area (Å²) in [6, 6.07) is 6.43. The Hall–Kier alpha value is -2.84. The number of aromatic nitrogens is 3. The van der Waals surface area contributed by atoms with Crippen LogP contribution in [0.1, 0.15) is 50.7 Å². The van der Waals surface area contributed by atoms with Crippen LogP contribution < -0.4 is 5.32 Å². The molecule has 1 saturated heterocycles. The van der Waals surface area contributed by atoms with Gasteiger partial charge >= 0.3 is 0 Å². The number of halogens is 2. The van der Waals surface area contributed by atoms with Crippen LogP contribution in [0.4, 0.5) is 4.39 Å². The first-order chi connectivity index (χ1) is 15.3. The van der Waals surface area contributed by atoms with Gasteiger partial charge in [-0.3, -0.25) is 14.5 Å². The Kier molecular flexibility index (Phi) is 6.91. The van der Waals surface area contributed by atoms with Gasteiger partial charge in [-0.1, -0.05) is 38.4 Å². The Bertz CT molecular complexity index is 1200. The van der Waals surface area contributed by atoms with Gasteiger partial charge in [-0.25, -0.2) is 13.9 Å². The number of amides is 1. The Labute approximate surface area is 197 Å². The molecule has 176 valence electrons. The fraction of sp³-hybridized carbons (Fsp3) is 0.417. The first-order valence-electron chi connectivity index (χ1n) is 10.7. The predicted octanol–water partition coefficient (Wildman–Crippen LogP) is 4.13. The molecule has 7 nitrogen and oxygen atoms in total. The molecule has 1 aliphatic heterocycles. The van der Waals surface area contributed by atoms with Crippen molar-refractivity contribution in [1.29, 1.82) is 0 Å². The highest BCUT2D eigenvalue weighted by Crippen LogP contribution is 2.30. The minimum atomic E-state index is -0.498. The predicted molar refractivity (Wildman–Crippen MR) is 127 cm³/mol. The minimum absolute atomic E-state index is 0.0664. The zero-order valence-electron chi connectivity index (χ0n) is 19.7. The highest BCUT2D eigenvalue weighted by molar-refractivity contribution is 6.30. The van der Waals surface area contributed by atoms with Crippen LogP contribution in [-0.2, 0) is 10.2 Å². The minimum Gasteiger partial charge on any atom is -0.353 e. The normalized spacial score (nSPS) is 16.2. The molecule has 1 aliphatic rings. The lowest BCUT2D eigenvalue weighted by Gasteiger charge is -2.38. The van der Waals surface area contributed by atoms with E-state index in [1.165, 1.54) is 12.1 Å². The number of piperazine rings is 1. The molecule has 0 saturated carbocycles. The second-order valence-corrected chi connectivity index (χ2v) is 10.0. The van der Waals surface area contributed by atoms with Gasteiger partial charge in [0.1, 0.15) is 11.5 Å². The number of benzene rings is 1. The average Bonchev–Trinajstić information content (AvgIpc) is 3.16. The standard InChI is InChI=1S/C17H15ClFN3O.C7H14N2O/c1-17(2,3)12-7-15(10-4-5-13(18)14(19)6-10)21-22-8-11(9-23)20-16(12)22;1-7(2)6(10)8-4-5-9(7)3/h4-9H,1-3H3;4-5H2,1-3H3,(H,8,10). The van der Waals surface area contributed by atoms with E-state index >= 15 is 0 Å². The van der Waals surface area contributed by atoms with Gasteiger partial charge < -0.3 is 5.32 Å². The zero-order valence-corrected chi connectivity index (χ0v) is 20.5. The van der Waals surface area contributed by atoms with Crippen molar-refractivity contribution in [3.05, 3.63) is 52.6 Å². The molecule has 9 heteroatoms. The van der Waals surface area contributed by atoms with Crippen LogP contribution in [0.3, 0.4) is 0 Å². The summed E-state index contributed by atoms with van der Waals surface area (Å²) in [7, 11) is 1.97. The van der Waals surface area contributed by atoms with E-state index in [0.717, 1.165) is 18.7 Å². The van der Waals surface area contributed by atoms with E-state index in [2.05, 4.69) is 20.3 Å². The van der Waals surface area contributed by atoms with Gasteiger partial charge in [0.25, 0.3) is 0 Å². The fourth-order valence-corrected chi connectivity index (χ4v) is 3.52. The Morgan fingerprint density at radius 1 is 1.24 bits per heavy atom. The number of imidazole rings is 1. The first kappa shape index (κ1) is 24.8.